The van der Waals surface area contributed by atoms with Crippen molar-refractivity contribution in [1.29, 1.82) is 0 Å². The fourth-order valence-electron chi connectivity index (χ4n) is 2.20. The van der Waals surface area contributed by atoms with E-state index < -0.39 is 23.5 Å². The van der Waals surface area contributed by atoms with Gasteiger partial charge in [0.2, 0.25) is 0 Å². The smallest absolute Gasteiger partial charge is 0.194 e. The summed E-state index contributed by atoms with van der Waals surface area (Å²) in [6.07, 6.45) is 4.27. The number of aromatic nitrogens is 2. The molecule has 0 fully saturated rings. The Morgan fingerprint density at radius 3 is 2.65 bits per heavy atom. The predicted octanol–water partition coefficient (Wildman–Crippen LogP) is 3.02. The predicted molar refractivity (Wildman–Crippen MR) is 69.7 cm³/mol. The van der Waals surface area contributed by atoms with Crippen LogP contribution in [0.15, 0.2) is 24.5 Å². The summed E-state index contributed by atoms with van der Waals surface area (Å²) in [5, 5.41) is 2.89. The van der Waals surface area contributed by atoms with Gasteiger partial charge in [-0.25, -0.2) is 18.2 Å². The van der Waals surface area contributed by atoms with Gasteiger partial charge >= 0.3 is 0 Å². The van der Waals surface area contributed by atoms with Crippen LogP contribution in [0.25, 0.3) is 0 Å². The van der Waals surface area contributed by atoms with Crippen LogP contribution in [0.2, 0.25) is 0 Å². The minimum atomic E-state index is -1.46. The van der Waals surface area contributed by atoms with Gasteiger partial charge in [-0.2, -0.15) is 0 Å². The second-order valence-electron chi connectivity index (χ2n) is 4.47. The van der Waals surface area contributed by atoms with Crippen molar-refractivity contribution in [3.63, 3.8) is 0 Å². The zero-order chi connectivity index (χ0) is 14.7. The highest BCUT2D eigenvalue weighted by molar-refractivity contribution is 5.28. The summed E-state index contributed by atoms with van der Waals surface area (Å²) >= 11 is 0. The average Bonchev–Trinajstić information content (AvgIpc) is 2.88. The van der Waals surface area contributed by atoms with Crippen LogP contribution in [0.4, 0.5) is 13.2 Å². The van der Waals surface area contributed by atoms with Crippen LogP contribution in [-0.4, -0.2) is 16.6 Å². The van der Waals surface area contributed by atoms with Crippen LogP contribution < -0.4 is 5.32 Å². The molecule has 0 aliphatic rings. The quantitative estimate of drug-likeness (QED) is 0.855. The first-order valence-corrected chi connectivity index (χ1v) is 6.41. The molecule has 1 N–H and O–H groups in total. The van der Waals surface area contributed by atoms with Gasteiger partial charge in [0.1, 0.15) is 5.82 Å². The van der Waals surface area contributed by atoms with E-state index in [4.69, 9.17) is 0 Å². The molecule has 20 heavy (non-hydrogen) atoms. The Balaban J connectivity index is 2.47. The summed E-state index contributed by atoms with van der Waals surface area (Å²) in [6, 6.07) is 1.53. The molecule has 0 spiro atoms. The van der Waals surface area contributed by atoms with Crippen molar-refractivity contribution in [2.24, 2.45) is 0 Å². The maximum absolute atomic E-state index is 13.9. The van der Waals surface area contributed by atoms with E-state index in [-0.39, 0.29) is 5.56 Å². The molecule has 6 heteroatoms. The SMILES string of the molecule is CCCn1ccnc1C(NC)c1ccc(F)c(F)c1F. The number of hydrogen-bond acceptors (Lipinski definition) is 2. The maximum Gasteiger partial charge on any atom is 0.194 e. The van der Waals surface area contributed by atoms with Gasteiger partial charge in [-0.05, 0) is 19.5 Å². The number of hydrogen-bond donors (Lipinski definition) is 1. The Hall–Kier alpha value is -1.82. The number of imidazole rings is 1. The summed E-state index contributed by atoms with van der Waals surface area (Å²) in [5.41, 5.74) is 0.0370. The molecule has 0 saturated heterocycles. The lowest BCUT2D eigenvalue weighted by Crippen LogP contribution is -2.23. The van der Waals surface area contributed by atoms with Gasteiger partial charge in [0.25, 0.3) is 0 Å². The number of nitrogens with one attached hydrogen (secondary N) is 1. The van der Waals surface area contributed by atoms with E-state index in [1.807, 2.05) is 11.5 Å². The van der Waals surface area contributed by atoms with Gasteiger partial charge in [-0.15, -0.1) is 0 Å². The molecule has 0 bridgehead atoms. The van der Waals surface area contributed by atoms with Crippen LogP contribution in [0.5, 0.6) is 0 Å². The zero-order valence-corrected chi connectivity index (χ0v) is 11.3. The highest BCUT2D eigenvalue weighted by Gasteiger charge is 2.24. The molecule has 3 nitrogen and oxygen atoms in total. The van der Waals surface area contributed by atoms with E-state index in [0.717, 1.165) is 19.0 Å². The van der Waals surface area contributed by atoms with Crippen molar-refractivity contribution in [2.75, 3.05) is 7.05 Å². The van der Waals surface area contributed by atoms with Crippen molar-refractivity contribution < 1.29 is 13.2 Å². The maximum atomic E-state index is 13.9. The normalized spacial score (nSPS) is 12.7. The van der Waals surface area contributed by atoms with E-state index >= 15 is 0 Å². The van der Waals surface area contributed by atoms with Crippen LogP contribution in [0.1, 0.15) is 30.8 Å². The van der Waals surface area contributed by atoms with Crippen molar-refractivity contribution in [1.82, 2.24) is 14.9 Å². The standard InChI is InChI=1S/C14H16F3N3/c1-3-7-20-8-6-19-14(20)13(18-2)9-4-5-10(15)12(17)11(9)16/h4-6,8,13,18H,3,7H2,1-2H3. The largest absolute Gasteiger partial charge is 0.333 e. The first-order valence-electron chi connectivity index (χ1n) is 6.41. The lowest BCUT2D eigenvalue weighted by Gasteiger charge is -2.18. The molecule has 1 atom stereocenters. The molecule has 108 valence electrons. The molecule has 1 aromatic carbocycles. The van der Waals surface area contributed by atoms with Gasteiger partial charge in [-0.3, -0.25) is 0 Å². The Morgan fingerprint density at radius 1 is 1.25 bits per heavy atom. The van der Waals surface area contributed by atoms with Gasteiger partial charge in [0.05, 0.1) is 6.04 Å². The van der Waals surface area contributed by atoms with E-state index in [1.54, 1.807) is 19.4 Å². The number of nitrogens with zero attached hydrogens (tertiary/aromatic N) is 2. The lowest BCUT2D eigenvalue weighted by molar-refractivity contribution is 0.431. The third-order valence-electron chi connectivity index (χ3n) is 3.14. The fraction of sp³-hybridized carbons (Fsp3) is 0.357. The number of benzene rings is 1. The van der Waals surface area contributed by atoms with Crippen molar-refractivity contribution in [3.05, 3.63) is 53.4 Å². The highest BCUT2D eigenvalue weighted by Crippen LogP contribution is 2.26. The first-order chi connectivity index (χ1) is 9.60. The molecule has 0 saturated carbocycles. The van der Waals surface area contributed by atoms with E-state index in [9.17, 15) is 13.2 Å². The van der Waals surface area contributed by atoms with Crippen LogP contribution in [-0.2, 0) is 6.54 Å². The topological polar surface area (TPSA) is 29.9 Å². The second kappa shape index (κ2) is 6.09. The van der Waals surface area contributed by atoms with Crippen molar-refractivity contribution in [2.45, 2.75) is 25.9 Å². The minimum absolute atomic E-state index is 0.0370. The molecule has 0 aliphatic carbocycles. The molecule has 0 amide bonds. The van der Waals surface area contributed by atoms with E-state index in [0.29, 0.717) is 5.82 Å². The molecule has 0 radical (unpaired) electrons. The highest BCUT2D eigenvalue weighted by atomic mass is 19.2. The molecule has 1 aromatic heterocycles. The summed E-state index contributed by atoms with van der Waals surface area (Å²) in [6.45, 7) is 2.73. The summed E-state index contributed by atoms with van der Waals surface area (Å²) < 4.78 is 42.2. The minimum Gasteiger partial charge on any atom is -0.333 e. The monoisotopic (exact) mass is 283 g/mol. The summed E-state index contributed by atoms with van der Waals surface area (Å²) in [7, 11) is 1.62. The number of aryl methyl sites for hydroxylation is 1. The molecule has 1 unspecified atom stereocenters. The second-order valence-corrected chi connectivity index (χ2v) is 4.47. The Bertz CT molecular complexity index is 595. The van der Waals surface area contributed by atoms with Gasteiger partial charge in [0, 0.05) is 24.5 Å². The van der Waals surface area contributed by atoms with E-state index in [1.165, 1.54) is 6.07 Å². The molecular formula is C14H16F3N3. The van der Waals surface area contributed by atoms with Crippen molar-refractivity contribution in [3.8, 4) is 0 Å². The van der Waals surface area contributed by atoms with Gasteiger partial charge in [0.15, 0.2) is 17.5 Å². The third-order valence-corrected chi connectivity index (χ3v) is 3.14. The van der Waals surface area contributed by atoms with E-state index in [2.05, 4.69) is 10.3 Å². The Kier molecular flexibility index (Phi) is 4.44. The lowest BCUT2D eigenvalue weighted by atomic mass is 10.0. The number of rotatable bonds is 5. The first kappa shape index (κ1) is 14.6. The van der Waals surface area contributed by atoms with Crippen LogP contribution >= 0.6 is 0 Å². The molecule has 1 heterocycles. The zero-order valence-electron chi connectivity index (χ0n) is 11.3. The molecular weight excluding hydrogens is 267 g/mol. The van der Waals surface area contributed by atoms with Gasteiger partial charge < -0.3 is 9.88 Å². The summed E-state index contributed by atoms with van der Waals surface area (Å²) in [5.74, 6) is -3.27. The van der Waals surface area contributed by atoms with Crippen LogP contribution in [0.3, 0.4) is 0 Å². The fourth-order valence-corrected chi connectivity index (χ4v) is 2.20. The third kappa shape index (κ3) is 2.56. The Labute approximate surface area is 115 Å². The van der Waals surface area contributed by atoms with Crippen molar-refractivity contribution >= 4 is 0 Å². The number of halogens is 3. The van der Waals surface area contributed by atoms with Gasteiger partial charge in [-0.1, -0.05) is 13.0 Å². The Morgan fingerprint density at radius 2 is 2.00 bits per heavy atom. The average molecular weight is 283 g/mol. The molecule has 0 aliphatic heterocycles. The molecule has 2 aromatic rings. The van der Waals surface area contributed by atoms with Crippen LogP contribution in [0, 0.1) is 17.5 Å². The molecule has 2 rings (SSSR count). The summed E-state index contributed by atoms with van der Waals surface area (Å²) in [4.78, 5) is 4.19.